The molecule has 2 atom stereocenters. The molecule has 0 heterocycles. The highest BCUT2D eigenvalue weighted by molar-refractivity contribution is 9.10. The smallest absolute Gasteiger partial charge is 0.0992 e. The third-order valence-corrected chi connectivity index (χ3v) is 4.51. The molecule has 1 saturated carbocycles. The Morgan fingerprint density at radius 1 is 1.26 bits per heavy atom. The summed E-state index contributed by atoms with van der Waals surface area (Å²) in [5, 5.41) is 12.7. The average molecular weight is 321 g/mol. The van der Waals surface area contributed by atoms with Crippen LogP contribution in [0.15, 0.2) is 22.7 Å². The van der Waals surface area contributed by atoms with E-state index in [0.717, 1.165) is 16.1 Å². The molecule has 2 rings (SSSR count). The first-order valence-electron chi connectivity index (χ1n) is 7.07. The molecule has 0 saturated heterocycles. The van der Waals surface area contributed by atoms with E-state index >= 15 is 0 Å². The van der Waals surface area contributed by atoms with Gasteiger partial charge in [-0.3, -0.25) is 0 Å². The number of hydrogen-bond acceptors (Lipinski definition) is 2. The Morgan fingerprint density at radius 2 is 2.00 bits per heavy atom. The highest BCUT2D eigenvalue weighted by Crippen LogP contribution is 2.33. The molecule has 1 aliphatic carbocycles. The van der Waals surface area contributed by atoms with Gasteiger partial charge in [0.2, 0.25) is 0 Å². The molecule has 2 nitrogen and oxygen atoms in total. The first kappa shape index (κ1) is 14.4. The van der Waals surface area contributed by atoms with E-state index in [4.69, 9.17) is 5.26 Å². The van der Waals surface area contributed by atoms with Crippen molar-refractivity contribution in [3.8, 4) is 6.07 Å². The standard InChI is InChI=1S/C16H21BrN2/c1-11(2)15-5-3-4-6-16(15)19-14-8-12(10-18)7-13(17)9-14/h7-9,11,15-16,19H,3-6H2,1-2H3. The van der Waals surface area contributed by atoms with E-state index in [1.165, 1.54) is 25.7 Å². The number of halogens is 1. The van der Waals surface area contributed by atoms with Gasteiger partial charge in [0, 0.05) is 16.2 Å². The lowest BCUT2D eigenvalue weighted by Crippen LogP contribution is -2.35. The summed E-state index contributed by atoms with van der Waals surface area (Å²) in [5.41, 5.74) is 1.76. The van der Waals surface area contributed by atoms with Crippen molar-refractivity contribution in [3.05, 3.63) is 28.2 Å². The summed E-state index contributed by atoms with van der Waals surface area (Å²) in [4.78, 5) is 0. The monoisotopic (exact) mass is 320 g/mol. The van der Waals surface area contributed by atoms with Crippen LogP contribution < -0.4 is 5.32 Å². The Kier molecular flexibility index (Phi) is 4.87. The molecule has 0 amide bonds. The van der Waals surface area contributed by atoms with Crippen LogP contribution in [0.2, 0.25) is 0 Å². The topological polar surface area (TPSA) is 35.8 Å². The fraction of sp³-hybridized carbons (Fsp3) is 0.562. The summed E-state index contributed by atoms with van der Waals surface area (Å²) in [6.45, 7) is 4.62. The van der Waals surface area contributed by atoms with Crippen molar-refractivity contribution in [1.29, 1.82) is 5.26 Å². The maximum Gasteiger partial charge on any atom is 0.0992 e. The third-order valence-electron chi connectivity index (χ3n) is 4.05. The molecule has 1 fully saturated rings. The van der Waals surface area contributed by atoms with Crippen LogP contribution in [0.25, 0.3) is 0 Å². The van der Waals surface area contributed by atoms with Gasteiger partial charge in [0.1, 0.15) is 0 Å². The van der Waals surface area contributed by atoms with Gasteiger partial charge in [-0.1, -0.05) is 42.6 Å². The Bertz CT molecular complexity index is 476. The molecular formula is C16H21BrN2. The molecule has 0 aromatic heterocycles. The van der Waals surface area contributed by atoms with Gasteiger partial charge in [-0.15, -0.1) is 0 Å². The summed E-state index contributed by atoms with van der Waals surface area (Å²) in [7, 11) is 0. The predicted octanol–water partition coefficient (Wildman–Crippen LogP) is 4.95. The summed E-state index contributed by atoms with van der Waals surface area (Å²) in [5.74, 6) is 1.44. The van der Waals surface area contributed by atoms with Gasteiger partial charge in [-0.25, -0.2) is 0 Å². The summed E-state index contributed by atoms with van der Waals surface area (Å²) in [6.07, 6.45) is 5.20. The van der Waals surface area contributed by atoms with Gasteiger partial charge in [-0.05, 0) is 42.9 Å². The molecule has 2 unspecified atom stereocenters. The van der Waals surface area contributed by atoms with Gasteiger partial charge in [0.15, 0.2) is 0 Å². The predicted molar refractivity (Wildman–Crippen MR) is 83.1 cm³/mol. The molecule has 1 aromatic carbocycles. The Morgan fingerprint density at radius 3 is 2.68 bits per heavy atom. The third kappa shape index (κ3) is 3.73. The van der Waals surface area contributed by atoms with Crippen LogP contribution in [-0.2, 0) is 0 Å². The number of benzene rings is 1. The van der Waals surface area contributed by atoms with Crippen molar-refractivity contribution >= 4 is 21.6 Å². The van der Waals surface area contributed by atoms with Crippen molar-refractivity contribution in [1.82, 2.24) is 0 Å². The van der Waals surface area contributed by atoms with Gasteiger partial charge >= 0.3 is 0 Å². The summed E-state index contributed by atoms with van der Waals surface area (Å²) >= 11 is 3.47. The Balaban J connectivity index is 2.15. The molecular weight excluding hydrogens is 300 g/mol. The minimum atomic E-state index is 0.537. The van der Waals surface area contributed by atoms with Crippen molar-refractivity contribution < 1.29 is 0 Å². The van der Waals surface area contributed by atoms with Gasteiger partial charge in [-0.2, -0.15) is 5.26 Å². The van der Waals surface area contributed by atoms with E-state index in [0.29, 0.717) is 17.5 Å². The fourth-order valence-corrected chi connectivity index (χ4v) is 3.58. The molecule has 3 heteroatoms. The molecule has 0 aliphatic heterocycles. The quantitative estimate of drug-likeness (QED) is 0.855. The van der Waals surface area contributed by atoms with Gasteiger partial charge in [0.05, 0.1) is 11.6 Å². The van der Waals surface area contributed by atoms with Crippen molar-refractivity contribution in [2.24, 2.45) is 11.8 Å². The summed E-state index contributed by atoms with van der Waals surface area (Å²) in [6, 6.07) is 8.60. The number of nitriles is 1. The number of nitrogens with one attached hydrogen (secondary N) is 1. The molecule has 0 radical (unpaired) electrons. The van der Waals surface area contributed by atoms with E-state index in [2.05, 4.69) is 47.2 Å². The zero-order chi connectivity index (χ0) is 13.8. The number of anilines is 1. The lowest BCUT2D eigenvalue weighted by molar-refractivity contribution is 0.254. The lowest BCUT2D eigenvalue weighted by Gasteiger charge is -2.35. The van der Waals surface area contributed by atoms with Crippen LogP contribution in [0.5, 0.6) is 0 Å². The SMILES string of the molecule is CC(C)C1CCCCC1Nc1cc(Br)cc(C#N)c1. The molecule has 1 aromatic rings. The molecule has 102 valence electrons. The van der Waals surface area contributed by atoms with Crippen molar-refractivity contribution in [2.75, 3.05) is 5.32 Å². The van der Waals surface area contributed by atoms with E-state index < -0.39 is 0 Å². The molecule has 0 bridgehead atoms. The number of rotatable bonds is 3. The molecule has 1 aliphatic rings. The first-order valence-corrected chi connectivity index (χ1v) is 7.86. The maximum atomic E-state index is 9.03. The van der Waals surface area contributed by atoms with Crippen LogP contribution in [0.3, 0.4) is 0 Å². The van der Waals surface area contributed by atoms with Crippen molar-refractivity contribution in [3.63, 3.8) is 0 Å². The van der Waals surface area contributed by atoms with E-state index in [-0.39, 0.29) is 0 Å². The van der Waals surface area contributed by atoms with E-state index in [9.17, 15) is 0 Å². The maximum absolute atomic E-state index is 9.03. The highest BCUT2D eigenvalue weighted by atomic mass is 79.9. The van der Waals surface area contributed by atoms with E-state index in [1.54, 1.807) is 0 Å². The van der Waals surface area contributed by atoms with E-state index in [1.807, 2.05) is 12.1 Å². The highest BCUT2D eigenvalue weighted by Gasteiger charge is 2.27. The van der Waals surface area contributed by atoms with Gasteiger partial charge < -0.3 is 5.32 Å². The molecule has 1 N–H and O–H groups in total. The zero-order valence-corrected chi connectivity index (χ0v) is 13.2. The minimum absolute atomic E-state index is 0.537. The first-order chi connectivity index (χ1) is 9.10. The lowest BCUT2D eigenvalue weighted by atomic mass is 9.78. The average Bonchev–Trinajstić information content (AvgIpc) is 2.38. The zero-order valence-electron chi connectivity index (χ0n) is 11.6. The molecule has 19 heavy (non-hydrogen) atoms. The van der Waals surface area contributed by atoms with Crippen LogP contribution >= 0.6 is 15.9 Å². The second-order valence-corrected chi connectivity index (χ2v) is 6.70. The van der Waals surface area contributed by atoms with Crippen LogP contribution in [0.4, 0.5) is 5.69 Å². The minimum Gasteiger partial charge on any atom is -0.382 e. The Hall–Kier alpha value is -1.01. The van der Waals surface area contributed by atoms with Crippen LogP contribution in [0, 0.1) is 23.2 Å². The normalized spacial score (nSPS) is 23.1. The van der Waals surface area contributed by atoms with Crippen molar-refractivity contribution in [2.45, 2.75) is 45.6 Å². The number of nitrogens with zero attached hydrogens (tertiary/aromatic N) is 1. The Labute approximate surface area is 124 Å². The summed E-state index contributed by atoms with van der Waals surface area (Å²) < 4.78 is 0.964. The second-order valence-electron chi connectivity index (χ2n) is 5.78. The van der Waals surface area contributed by atoms with Crippen LogP contribution in [-0.4, -0.2) is 6.04 Å². The van der Waals surface area contributed by atoms with Crippen LogP contribution in [0.1, 0.15) is 45.1 Å². The largest absolute Gasteiger partial charge is 0.382 e. The van der Waals surface area contributed by atoms with Gasteiger partial charge in [0.25, 0.3) is 0 Å². The number of hydrogen-bond donors (Lipinski definition) is 1. The second kappa shape index (κ2) is 6.43. The molecule has 0 spiro atoms. The fourth-order valence-electron chi connectivity index (χ4n) is 3.09.